The molecule has 0 unspecified atom stereocenters. The average Bonchev–Trinajstić information content (AvgIpc) is 2.64. The maximum atomic E-state index is 11.9. The van der Waals surface area contributed by atoms with Crippen LogP contribution in [0.25, 0.3) is 0 Å². The van der Waals surface area contributed by atoms with Gasteiger partial charge in [-0.1, -0.05) is 28.1 Å². The molecule has 0 heterocycles. The fourth-order valence-electron chi connectivity index (χ4n) is 1.95. The Balaban J connectivity index is 1.66. The first kappa shape index (κ1) is 22.1. The van der Waals surface area contributed by atoms with Gasteiger partial charge in [0.1, 0.15) is 11.5 Å². The standard InChI is InChI=1S/C18H17Br2N3O4S/c1-11-3-2-4-13(7-11)26-10-17(25)22-23-18(28)21-16(24)9-27-15-6-5-12(19)8-14(15)20/h2-8H,9-10H2,1H3,(H,22,25)(H2,21,23,24,28). The number of carbonyl (C=O) groups excluding carboxylic acids is 2. The number of hydrogen-bond acceptors (Lipinski definition) is 5. The third-order valence-electron chi connectivity index (χ3n) is 3.18. The van der Waals surface area contributed by atoms with Crippen molar-refractivity contribution in [1.82, 2.24) is 16.2 Å². The highest BCUT2D eigenvalue weighted by atomic mass is 79.9. The van der Waals surface area contributed by atoms with Gasteiger partial charge in [0.05, 0.1) is 4.47 Å². The zero-order valence-corrected chi connectivity index (χ0v) is 18.7. The summed E-state index contributed by atoms with van der Waals surface area (Å²) in [6.07, 6.45) is 0. The van der Waals surface area contributed by atoms with Crippen LogP contribution < -0.4 is 25.6 Å². The van der Waals surface area contributed by atoms with Crippen LogP contribution in [0.2, 0.25) is 0 Å². The van der Waals surface area contributed by atoms with E-state index in [9.17, 15) is 9.59 Å². The van der Waals surface area contributed by atoms with Crippen molar-refractivity contribution in [3.05, 3.63) is 57.0 Å². The monoisotopic (exact) mass is 529 g/mol. The van der Waals surface area contributed by atoms with Gasteiger partial charge in [-0.25, -0.2) is 0 Å². The summed E-state index contributed by atoms with van der Waals surface area (Å²) >= 11 is 11.6. The van der Waals surface area contributed by atoms with Crippen LogP contribution in [-0.2, 0) is 9.59 Å². The molecule has 3 N–H and O–H groups in total. The van der Waals surface area contributed by atoms with Crippen LogP contribution >= 0.6 is 44.1 Å². The summed E-state index contributed by atoms with van der Waals surface area (Å²) in [7, 11) is 0. The van der Waals surface area contributed by atoms with E-state index in [4.69, 9.17) is 21.7 Å². The Hall–Kier alpha value is -2.17. The molecule has 0 saturated carbocycles. The van der Waals surface area contributed by atoms with Crippen molar-refractivity contribution >= 4 is 61.0 Å². The quantitative estimate of drug-likeness (QED) is 0.393. The van der Waals surface area contributed by atoms with Gasteiger partial charge in [-0.2, -0.15) is 0 Å². The SMILES string of the molecule is Cc1cccc(OCC(=O)NNC(=S)NC(=O)COc2ccc(Br)cc2Br)c1. The van der Waals surface area contributed by atoms with Crippen LogP contribution in [0, 0.1) is 6.92 Å². The van der Waals surface area contributed by atoms with Crippen molar-refractivity contribution in [2.75, 3.05) is 13.2 Å². The number of halogens is 2. The van der Waals surface area contributed by atoms with E-state index in [1.165, 1.54) is 0 Å². The summed E-state index contributed by atoms with van der Waals surface area (Å²) in [5, 5.41) is 2.33. The van der Waals surface area contributed by atoms with Crippen LogP contribution in [0.3, 0.4) is 0 Å². The molecule has 0 saturated heterocycles. The summed E-state index contributed by atoms with van der Waals surface area (Å²) in [6.45, 7) is 1.48. The van der Waals surface area contributed by atoms with Crippen molar-refractivity contribution in [2.45, 2.75) is 6.92 Å². The summed E-state index contributed by atoms with van der Waals surface area (Å²) < 4.78 is 12.3. The minimum Gasteiger partial charge on any atom is -0.484 e. The Bertz CT molecular complexity index is 880. The second kappa shape index (κ2) is 11.0. The van der Waals surface area contributed by atoms with Gasteiger partial charge in [-0.3, -0.25) is 25.8 Å². The molecule has 0 aliphatic carbocycles. The summed E-state index contributed by atoms with van der Waals surface area (Å²) in [5.41, 5.74) is 5.79. The molecule has 2 aromatic carbocycles. The van der Waals surface area contributed by atoms with Crippen LogP contribution in [0.4, 0.5) is 0 Å². The number of ether oxygens (including phenoxy) is 2. The van der Waals surface area contributed by atoms with Gasteiger partial charge in [0.2, 0.25) is 0 Å². The Labute approximate surface area is 184 Å². The molecular weight excluding hydrogens is 514 g/mol. The predicted octanol–water partition coefficient (Wildman–Crippen LogP) is 3.00. The molecule has 2 amide bonds. The molecular formula is C18H17Br2N3O4S. The molecule has 10 heteroatoms. The number of aryl methyl sites for hydroxylation is 1. The van der Waals surface area contributed by atoms with E-state index < -0.39 is 11.8 Å². The number of benzene rings is 2. The Morgan fingerprint density at radius 1 is 1.00 bits per heavy atom. The predicted molar refractivity (Wildman–Crippen MR) is 116 cm³/mol. The molecule has 2 rings (SSSR count). The van der Waals surface area contributed by atoms with Gasteiger partial charge in [0.15, 0.2) is 18.3 Å². The minimum absolute atomic E-state index is 0.0626. The van der Waals surface area contributed by atoms with Gasteiger partial charge >= 0.3 is 0 Å². The highest BCUT2D eigenvalue weighted by Crippen LogP contribution is 2.28. The van der Waals surface area contributed by atoms with Gasteiger partial charge in [0, 0.05) is 4.47 Å². The average molecular weight is 531 g/mol. The number of carbonyl (C=O) groups is 2. The Kier molecular flexibility index (Phi) is 8.68. The summed E-state index contributed by atoms with van der Waals surface area (Å²) in [4.78, 5) is 23.6. The number of rotatable bonds is 6. The molecule has 28 heavy (non-hydrogen) atoms. The molecule has 7 nitrogen and oxygen atoms in total. The first-order chi connectivity index (χ1) is 13.3. The first-order valence-corrected chi connectivity index (χ1v) is 9.99. The van der Waals surface area contributed by atoms with Gasteiger partial charge in [-0.05, 0) is 71.0 Å². The lowest BCUT2D eigenvalue weighted by atomic mass is 10.2. The second-order valence-corrected chi connectivity index (χ2v) is 7.70. The van der Waals surface area contributed by atoms with E-state index >= 15 is 0 Å². The van der Waals surface area contributed by atoms with Crippen molar-refractivity contribution in [3.8, 4) is 11.5 Å². The number of thiocarbonyl (C=S) groups is 1. The fraction of sp³-hybridized carbons (Fsp3) is 0.167. The highest BCUT2D eigenvalue weighted by molar-refractivity contribution is 9.11. The minimum atomic E-state index is -0.474. The van der Waals surface area contributed by atoms with E-state index in [0.29, 0.717) is 16.0 Å². The van der Waals surface area contributed by atoms with Crippen molar-refractivity contribution < 1.29 is 19.1 Å². The van der Waals surface area contributed by atoms with Gasteiger partial charge in [0.25, 0.3) is 11.8 Å². The second-order valence-electron chi connectivity index (χ2n) is 5.52. The molecule has 148 valence electrons. The van der Waals surface area contributed by atoms with Crippen molar-refractivity contribution in [3.63, 3.8) is 0 Å². The van der Waals surface area contributed by atoms with E-state index in [1.54, 1.807) is 24.3 Å². The smallest absolute Gasteiger partial charge is 0.276 e. The van der Waals surface area contributed by atoms with Crippen LogP contribution in [0.5, 0.6) is 11.5 Å². The molecule has 0 bridgehead atoms. The molecule has 0 aliphatic heterocycles. The van der Waals surface area contributed by atoms with Crippen LogP contribution in [0.15, 0.2) is 51.4 Å². The number of nitrogens with one attached hydrogen (secondary N) is 3. The maximum absolute atomic E-state index is 11.9. The third-order valence-corrected chi connectivity index (χ3v) is 4.50. The number of hydrogen-bond donors (Lipinski definition) is 3. The third kappa shape index (κ3) is 7.83. The van der Waals surface area contributed by atoms with E-state index in [1.807, 2.05) is 25.1 Å². The molecule has 0 aromatic heterocycles. The molecule has 0 aliphatic rings. The van der Waals surface area contributed by atoms with Crippen LogP contribution in [0.1, 0.15) is 5.56 Å². The molecule has 0 fully saturated rings. The van der Waals surface area contributed by atoms with E-state index in [0.717, 1.165) is 10.0 Å². The zero-order valence-electron chi connectivity index (χ0n) is 14.8. The Morgan fingerprint density at radius 2 is 1.75 bits per heavy atom. The highest BCUT2D eigenvalue weighted by Gasteiger charge is 2.09. The topological polar surface area (TPSA) is 88.7 Å². The summed E-state index contributed by atoms with van der Waals surface area (Å²) in [6, 6.07) is 12.6. The van der Waals surface area contributed by atoms with Crippen LogP contribution in [-0.4, -0.2) is 30.1 Å². The lowest BCUT2D eigenvalue weighted by Crippen LogP contribution is -2.50. The lowest BCUT2D eigenvalue weighted by Gasteiger charge is -2.12. The molecule has 0 atom stereocenters. The van der Waals surface area contributed by atoms with Gasteiger partial charge in [-0.15, -0.1) is 0 Å². The lowest BCUT2D eigenvalue weighted by molar-refractivity contribution is -0.124. The molecule has 0 spiro atoms. The maximum Gasteiger partial charge on any atom is 0.276 e. The summed E-state index contributed by atoms with van der Waals surface area (Å²) in [5.74, 6) is 0.173. The van der Waals surface area contributed by atoms with Crippen molar-refractivity contribution in [2.24, 2.45) is 0 Å². The van der Waals surface area contributed by atoms with E-state index in [-0.39, 0.29) is 18.3 Å². The van der Waals surface area contributed by atoms with E-state index in [2.05, 4.69) is 48.0 Å². The van der Waals surface area contributed by atoms with Crippen molar-refractivity contribution in [1.29, 1.82) is 0 Å². The normalized spacial score (nSPS) is 9.96. The van der Waals surface area contributed by atoms with Gasteiger partial charge < -0.3 is 9.47 Å². The first-order valence-electron chi connectivity index (χ1n) is 7.99. The zero-order chi connectivity index (χ0) is 20.5. The fourth-order valence-corrected chi connectivity index (χ4v) is 3.27. The number of hydrazine groups is 1. The largest absolute Gasteiger partial charge is 0.484 e. The molecule has 0 radical (unpaired) electrons. The number of amides is 2. The Morgan fingerprint density at radius 3 is 2.46 bits per heavy atom. The molecule has 2 aromatic rings.